The Morgan fingerprint density at radius 2 is 1.89 bits per heavy atom. The minimum atomic E-state index is -0.734. The summed E-state index contributed by atoms with van der Waals surface area (Å²) in [7, 11) is 0. The van der Waals surface area contributed by atoms with Crippen LogP contribution in [0.1, 0.15) is 29.0 Å². The number of anilines is 1. The minimum absolute atomic E-state index is 0.0508. The van der Waals surface area contributed by atoms with E-state index in [9.17, 15) is 14.9 Å². The monoisotopic (exact) mass is 523 g/mol. The van der Waals surface area contributed by atoms with Crippen LogP contribution in [0.5, 0.6) is 0 Å². The number of allylic oxidation sites excluding steroid dienone is 2. The summed E-state index contributed by atoms with van der Waals surface area (Å²) in [6.07, 6.45) is 1.50. The number of benzene rings is 2. The van der Waals surface area contributed by atoms with E-state index in [4.69, 9.17) is 27.6 Å². The Balaban J connectivity index is 1.63. The number of hydrogen-bond acceptors (Lipinski definition) is 6. The second-order valence-electron chi connectivity index (χ2n) is 7.63. The average Bonchev–Trinajstić information content (AvgIpc) is 3.39. The van der Waals surface area contributed by atoms with Crippen LogP contribution in [-0.4, -0.2) is 17.4 Å². The van der Waals surface area contributed by atoms with Gasteiger partial charge in [-0.05, 0) is 49.4 Å². The molecule has 0 saturated carbocycles. The molecule has 2 N–H and O–H groups in total. The Bertz CT molecular complexity index is 1380. The van der Waals surface area contributed by atoms with Gasteiger partial charge >= 0.3 is 0 Å². The van der Waals surface area contributed by atoms with Crippen molar-refractivity contribution in [3.8, 4) is 6.07 Å². The van der Waals surface area contributed by atoms with Gasteiger partial charge in [0.25, 0.3) is 5.91 Å². The Hall–Kier alpha value is -3.44. The average molecular weight is 524 g/mol. The second kappa shape index (κ2) is 10.9. The molecule has 2 heterocycles. The van der Waals surface area contributed by atoms with Crippen LogP contribution in [0.15, 0.2) is 93.2 Å². The summed E-state index contributed by atoms with van der Waals surface area (Å²) < 4.78 is 5.62. The minimum Gasteiger partial charge on any atom is -0.468 e. The second-order valence-corrected chi connectivity index (χ2v) is 9.43. The molecule has 0 fully saturated rings. The molecular formula is C26H19Cl2N3O3S. The lowest BCUT2D eigenvalue weighted by molar-refractivity contribution is -0.113. The van der Waals surface area contributed by atoms with E-state index in [-0.39, 0.29) is 23.0 Å². The van der Waals surface area contributed by atoms with E-state index in [2.05, 4.69) is 16.7 Å². The number of furan rings is 1. The van der Waals surface area contributed by atoms with Crippen molar-refractivity contribution in [2.75, 3.05) is 11.1 Å². The van der Waals surface area contributed by atoms with Crippen LogP contribution in [0.3, 0.4) is 0 Å². The molecule has 4 rings (SSSR count). The number of Topliss-reactive ketones (excluding diaryl/α,β-unsaturated/α-hetero) is 1. The third-order valence-corrected chi connectivity index (χ3v) is 7.10. The van der Waals surface area contributed by atoms with Gasteiger partial charge in [-0.25, -0.2) is 0 Å². The number of halogens is 2. The topological polar surface area (TPSA) is 95.1 Å². The lowest BCUT2D eigenvalue weighted by Crippen LogP contribution is -2.30. The van der Waals surface area contributed by atoms with Gasteiger partial charge in [0.2, 0.25) is 0 Å². The molecular weight excluding hydrogens is 505 g/mol. The molecule has 3 aromatic rings. The Kier molecular flexibility index (Phi) is 7.67. The summed E-state index contributed by atoms with van der Waals surface area (Å²) in [6, 6.07) is 19.4. The van der Waals surface area contributed by atoms with Crippen LogP contribution in [-0.2, 0) is 4.79 Å². The maximum Gasteiger partial charge on any atom is 0.254 e. The summed E-state index contributed by atoms with van der Waals surface area (Å²) in [5.74, 6) is -0.762. The Labute approximate surface area is 216 Å². The van der Waals surface area contributed by atoms with Crippen LogP contribution in [0, 0.1) is 11.3 Å². The lowest BCUT2D eigenvalue weighted by atomic mass is 9.85. The number of hydrogen-bond donors (Lipinski definition) is 2. The maximum atomic E-state index is 13.3. The van der Waals surface area contributed by atoms with E-state index in [1.165, 1.54) is 24.1 Å². The highest BCUT2D eigenvalue weighted by Crippen LogP contribution is 2.41. The number of carbonyl (C=O) groups is 2. The van der Waals surface area contributed by atoms with E-state index >= 15 is 0 Å². The van der Waals surface area contributed by atoms with Gasteiger partial charge in [-0.1, -0.05) is 53.2 Å². The molecule has 0 bridgehead atoms. The molecule has 2 aromatic carbocycles. The van der Waals surface area contributed by atoms with Gasteiger partial charge in [0, 0.05) is 16.9 Å². The molecule has 0 unspecified atom stereocenters. The third-order valence-electron chi connectivity index (χ3n) is 5.34. The number of nitrogens with zero attached hydrogens (tertiary/aromatic N) is 1. The molecule has 0 spiro atoms. The molecule has 6 nitrogen and oxygen atoms in total. The summed E-state index contributed by atoms with van der Waals surface area (Å²) in [4.78, 5) is 26.1. The van der Waals surface area contributed by atoms with E-state index < -0.39 is 5.92 Å². The zero-order valence-corrected chi connectivity index (χ0v) is 20.8. The van der Waals surface area contributed by atoms with Crippen LogP contribution in [0.25, 0.3) is 0 Å². The van der Waals surface area contributed by atoms with Crippen molar-refractivity contribution in [3.63, 3.8) is 0 Å². The van der Waals surface area contributed by atoms with Crippen molar-refractivity contribution in [1.82, 2.24) is 5.32 Å². The van der Waals surface area contributed by atoms with Gasteiger partial charge in [-0.15, -0.1) is 0 Å². The fourth-order valence-electron chi connectivity index (χ4n) is 3.68. The molecule has 35 heavy (non-hydrogen) atoms. The van der Waals surface area contributed by atoms with Crippen molar-refractivity contribution in [2.45, 2.75) is 12.8 Å². The number of nitriles is 1. The quantitative estimate of drug-likeness (QED) is 0.341. The van der Waals surface area contributed by atoms with Crippen LogP contribution in [0.4, 0.5) is 5.69 Å². The first-order valence-corrected chi connectivity index (χ1v) is 12.3. The fourth-order valence-corrected chi connectivity index (χ4v) is 4.96. The molecule has 1 aromatic heterocycles. The third kappa shape index (κ3) is 5.46. The van der Waals surface area contributed by atoms with Gasteiger partial charge in [-0.3, -0.25) is 9.59 Å². The number of para-hydroxylation sites is 1. The van der Waals surface area contributed by atoms with Crippen molar-refractivity contribution in [3.05, 3.63) is 110 Å². The summed E-state index contributed by atoms with van der Waals surface area (Å²) in [6.45, 7) is 1.76. The molecule has 0 radical (unpaired) electrons. The predicted octanol–water partition coefficient (Wildman–Crippen LogP) is 6.54. The van der Waals surface area contributed by atoms with Crippen molar-refractivity contribution >= 4 is 52.3 Å². The standard InChI is InChI=1S/C26H19Cl2N3O3S/c1-15-23(25(33)31-17-6-3-2-4-7-17)24(22-8-5-11-34-22)18(13-29)26(30-15)35-14-21(32)16-9-10-19(27)20(28)12-16/h2-12,24,30H,14H2,1H3,(H,31,33)/t24-/m1/s1. The predicted molar refractivity (Wildman–Crippen MR) is 138 cm³/mol. The van der Waals surface area contributed by atoms with Gasteiger partial charge in [0.05, 0.1) is 50.2 Å². The number of nitrogens with one attached hydrogen (secondary N) is 2. The first-order valence-electron chi connectivity index (χ1n) is 10.5. The maximum absolute atomic E-state index is 13.3. The normalized spacial score (nSPS) is 15.4. The highest BCUT2D eigenvalue weighted by Gasteiger charge is 2.36. The molecule has 1 aliphatic heterocycles. The first-order chi connectivity index (χ1) is 16.9. The van der Waals surface area contributed by atoms with E-state index in [0.717, 1.165) is 0 Å². The number of amides is 1. The zero-order chi connectivity index (χ0) is 24.9. The van der Waals surface area contributed by atoms with Crippen LogP contribution < -0.4 is 10.6 Å². The molecule has 1 aliphatic rings. The van der Waals surface area contributed by atoms with Crippen LogP contribution in [0.2, 0.25) is 10.0 Å². The van der Waals surface area contributed by atoms with Crippen molar-refractivity contribution in [1.29, 1.82) is 5.26 Å². The Morgan fingerprint density at radius 3 is 2.54 bits per heavy atom. The molecule has 0 aliphatic carbocycles. The number of carbonyl (C=O) groups excluding carboxylic acids is 2. The molecule has 1 amide bonds. The molecule has 176 valence electrons. The number of ketones is 1. The van der Waals surface area contributed by atoms with Crippen LogP contribution >= 0.6 is 35.0 Å². The zero-order valence-electron chi connectivity index (χ0n) is 18.5. The summed E-state index contributed by atoms with van der Waals surface area (Å²) >= 11 is 13.2. The SMILES string of the molecule is CC1=C(C(=O)Nc2ccccc2)[C@@H](c2ccco2)C(C#N)=C(SCC(=O)c2ccc(Cl)c(Cl)c2)N1. The first kappa shape index (κ1) is 24.7. The van der Waals surface area contributed by atoms with Gasteiger partial charge in [-0.2, -0.15) is 5.26 Å². The highest BCUT2D eigenvalue weighted by molar-refractivity contribution is 8.03. The summed E-state index contributed by atoms with van der Waals surface area (Å²) in [5.41, 5.74) is 2.25. The number of dihydropyridines is 1. The van der Waals surface area contributed by atoms with Gasteiger partial charge in [0.1, 0.15) is 5.76 Å². The number of rotatable bonds is 7. The van der Waals surface area contributed by atoms with Gasteiger partial charge < -0.3 is 15.1 Å². The van der Waals surface area contributed by atoms with Crippen molar-refractivity contribution in [2.24, 2.45) is 0 Å². The van der Waals surface area contributed by atoms with E-state index in [1.807, 2.05) is 18.2 Å². The highest BCUT2D eigenvalue weighted by atomic mass is 35.5. The van der Waals surface area contributed by atoms with Gasteiger partial charge in [0.15, 0.2) is 5.78 Å². The lowest BCUT2D eigenvalue weighted by Gasteiger charge is -2.28. The molecule has 9 heteroatoms. The van der Waals surface area contributed by atoms with Crippen molar-refractivity contribution < 1.29 is 14.0 Å². The molecule has 0 saturated heterocycles. The smallest absolute Gasteiger partial charge is 0.254 e. The Morgan fingerprint density at radius 1 is 1.11 bits per heavy atom. The molecule has 1 atom stereocenters. The van der Waals surface area contributed by atoms with E-state index in [1.54, 1.807) is 43.3 Å². The van der Waals surface area contributed by atoms with E-state index in [0.29, 0.717) is 43.4 Å². The largest absolute Gasteiger partial charge is 0.468 e. The number of thioether (sulfide) groups is 1. The fraction of sp³-hybridized carbons (Fsp3) is 0.115. The summed E-state index contributed by atoms with van der Waals surface area (Å²) in [5, 5.41) is 17.3.